The normalized spacial score (nSPS) is 36.1. The van der Waals surface area contributed by atoms with Crippen LogP contribution in [0.4, 0.5) is 0 Å². The van der Waals surface area contributed by atoms with Crippen molar-refractivity contribution < 1.29 is 4.79 Å². The van der Waals surface area contributed by atoms with Crippen molar-refractivity contribution in [3.8, 4) is 0 Å². The molecule has 1 N–H and O–H groups in total. The Labute approximate surface area is 98.6 Å². The predicted octanol–water partition coefficient (Wildman–Crippen LogP) is 1.78. The van der Waals surface area contributed by atoms with E-state index < -0.39 is 0 Å². The number of carbonyl (C=O) groups is 1. The molecule has 0 spiro atoms. The average Bonchev–Trinajstić information content (AvgIpc) is 2.59. The minimum Gasteiger partial charge on any atom is -0.339 e. The number of rotatable bonds is 1. The number of carbonyl (C=O) groups excluding carboxylic acids is 1. The van der Waals surface area contributed by atoms with Crippen LogP contribution in [0.2, 0.25) is 0 Å². The Bertz CT molecular complexity index is 259. The highest BCUT2D eigenvalue weighted by molar-refractivity contribution is 5.83. The summed E-state index contributed by atoms with van der Waals surface area (Å²) in [5, 5.41) is 3.32. The summed E-state index contributed by atoms with van der Waals surface area (Å²) in [6, 6.07) is 0.437. The maximum Gasteiger partial charge on any atom is 0.230 e. The third-order valence-electron chi connectivity index (χ3n) is 4.20. The second-order valence-electron chi connectivity index (χ2n) is 5.68. The zero-order chi connectivity index (χ0) is 11.6. The summed E-state index contributed by atoms with van der Waals surface area (Å²) in [6.07, 6.45) is 5.91. The summed E-state index contributed by atoms with van der Waals surface area (Å²) in [7, 11) is 0. The molecule has 2 unspecified atom stereocenters. The third kappa shape index (κ3) is 2.24. The molecule has 2 atom stereocenters. The zero-order valence-electron chi connectivity index (χ0n) is 10.6. The first-order valence-corrected chi connectivity index (χ1v) is 6.65. The van der Waals surface area contributed by atoms with Crippen LogP contribution in [-0.4, -0.2) is 36.5 Å². The molecule has 0 saturated carbocycles. The first kappa shape index (κ1) is 11.9. The highest BCUT2D eigenvalue weighted by Gasteiger charge is 2.40. The molecule has 2 rings (SSSR count). The molecule has 92 valence electrons. The molecule has 0 aromatic carbocycles. The Balaban J connectivity index is 2.06. The molecule has 0 bridgehead atoms. The molecule has 2 aliphatic rings. The maximum atomic E-state index is 12.6. The smallest absolute Gasteiger partial charge is 0.230 e. The number of hydrogen-bond acceptors (Lipinski definition) is 2. The summed E-state index contributed by atoms with van der Waals surface area (Å²) >= 11 is 0. The Morgan fingerprint density at radius 2 is 2.19 bits per heavy atom. The Morgan fingerprint density at radius 1 is 1.38 bits per heavy atom. The van der Waals surface area contributed by atoms with Gasteiger partial charge in [-0.05, 0) is 39.7 Å². The summed E-state index contributed by atoms with van der Waals surface area (Å²) in [6.45, 7) is 7.14. The van der Waals surface area contributed by atoms with Crippen LogP contribution in [0.3, 0.4) is 0 Å². The van der Waals surface area contributed by atoms with E-state index in [1.165, 1.54) is 25.7 Å². The van der Waals surface area contributed by atoms with E-state index >= 15 is 0 Å². The molecule has 1 amide bonds. The van der Waals surface area contributed by atoms with E-state index in [0.29, 0.717) is 11.9 Å². The van der Waals surface area contributed by atoms with Gasteiger partial charge in [0, 0.05) is 19.1 Å². The van der Waals surface area contributed by atoms with Crippen molar-refractivity contribution in [3.63, 3.8) is 0 Å². The summed E-state index contributed by atoms with van der Waals surface area (Å²) < 4.78 is 0. The molecule has 3 heteroatoms. The van der Waals surface area contributed by atoms with Crippen molar-refractivity contribution in [1.82, 2.24) is 10.2 Å². The number of nitrogens with one attached hydrogen (secondary N) is 1. The van der Waals surface area contributed by atoms with Crippen molar-refractivity contribution in [3.05, 3.63) is 0 Å². The van der Waals surface area contributed by atoms with E-state index in [2.05, 4.69) is 24.1 Å². The molecule has 2 aliphatic heterocycles. The van der Waals surface area contributed by atoms with Gasteiger partial charge in [0.05, 0.1) is 5.41 Å². The molecule has 0 radical (unpaired) electrons. The average molecular weight is 224 g/mol. The minimum atomic E-state index is -0.140. The largest absolute Gasteiger partial charge is 0.339 e. The highest BCUT2D eigenvalue weighted by atomic mass is 16.2. The van der Waals surface area contributed by atoms with Gasteiger partial charge in [-0.2, -0.15) is 0 Å². The van der Waals surface area contributed by atoms with Gasteiger partial charge in [-0.1, -0.05) is 12.8 Å². The van der Waals surface area contributed by atoms with E-state index in [1.807, 2.05) is 0 Å². The van der Waals surface area contributed by atoms with Crippen LogP contribution < -0.4 is 5.32 Å². The van der Waals surface area contributed by atoms with E-state index in [4.69, 9.17) is 0 Å². The first-order valence-electron chi connectivity index (χ1n) is 6.65. The fraction of sp³-hybridized carbons (Fsp3) is 0.923. The van der Waals surface area contributed by atoms with E-state index in [1.54, 1.807) is 0 Å². The fourth-order valence-electron chi connectivity index (χ4n) is 2.92. The van der Waals surface area contributed by atoms with Crippen LogP contribution in [0, 0.1) is 5.41 Å². The molecule has 3 nitrogen and oxygen atoms in total. The SMILES string of the molecule is CC1CCCCCN1C(=O)C1(C)CCNC1. The maximum absolute atomic E-state index is 12.6. The lowest BCUT2D eigenvalue weighted by atomic mass is 9.87. The van der Waals surface area contributed by atoms with Gasteiger partial charge in [0.2, 0.25) is 5.91 Å². The minimum absolute atomic E-state index is 0.140. The van der Waals surface area contributed by atoms with Crippen LogP contribution in [0.1, 0.15) is 46.0 Å². The van der Waals surface area contributed by atoms with Gasteiger partial charge in [-0.15, -0.1) is 0 Å². The third-order valence-corrected chi connectivity index (χ3v) is 4.20. The fourth-order valence-corrected chi connectivity index (χ4v) is 2.92. The summed E-state index contributed by atoms with van der Waals surface area (Å²) in [5.41, 5.74) is -0.140. The van der Waals surface area contributed by atoms with Crippen LogP contribution in [-0.2, 0) is 4.79 Å². The zero-order valence-corrected chi connectivity index (χ0v) is 10.6. The number of hydrogen-bond donors (Lipinski definition) is 1. The monoisotopic (exact) mass is 224 g/mol. The van der Waals surface area contributed by atoms with Gasteiger partial charge in [-0.3, -0.25) is 4.79 Å². The lowest BCUT2D eigenvalue weighted by molar-refractivity contribution is -0.142. The van der Waals surface area contributed by atoms with Crippen molar-refractivity contribution >= 4 is 5.91 Å². The van der Waals surface area contributed by atoms with Crippen molar-refractivity contribution in [2.75, 3.05) is 19.6 Å². The van der Waals surface area contributed by atoms with Gasteiger partial charge >= 0.3 is 0 Å². The summed E-state index contributed by atoms with van der Waals surface area (Å²) in [4.78, 5) is 14.7. The second kappa shape index (κ2) is 4.74. The number of likely N-dealkylation sites (tertiary alicyclic amines) is 1. The van der Waals surface area contributed by atoms with Crippen LogP contribution in [0.25, 0.3) is 0 Å². The van der Waals surface area contributed by atoms with Gasteiger partial charge < -0.3 is 10.2 Å². The standard InChI is InChI=1S/C13H24N2O/c1-11-6-4-3-5-9-15(11)12(16)13(2)7-8-14-10-13/h11,14H,3-10H2,1-2H3. The molecule has 2 saturated heterocycles. The van der Waals surface area contributed by atoms with Crippen LogP contribution in [0.15, 0.2) is 0 Å². The van der Waals surface area contributed by atoms with Gasteiger partial charge in [0.1, 0.15) is 0 Å². The molecule has 0 aromatic rings. The Kier molecular flexibility index (Phi) is 3.53. The van der Waals surface area contributed by atoms with Crippen LogP contribution >= 0.6 is 0 Å². The van der Waals surface area contributed by atoms with Gasteiger partial charge in [0.15, 0.2) is 0 Å². The molecular weight excluding hydrogens is 200 g/mol. The highest BCUT2D eigenvalue weighted by Crippen LogP contribution is 2.30. The molecule has 16 heavy (non-hydrogen) atoms. The van der Waals surface area contributed by atoms with Gasteiger partial charge in [-0.25, -0.2) is 0 Å². The molecular formula is C13H24N2O. The number of nitrogens with zero attached hydrogens (tertiary/aromatic N) is 1. The molecule has 0 aromatic heterocycles. The summed E-state index contributed by atoms with van der Waals surface area (Å²) in [5.74, 6) is 0.381. The van der Waals surface area contributed by atoms with E-state index in [9.17, 15) is 4.79 Å². The Hall–Kier alpha value is -0.570. The Morgan fingerprint density at radius 3 is 2.88 bits per heavy atom. The first-order chi connectivity index (χ1) is 7.63. The lowest BCUT2D eigenvalue weighted by Crippen LogP contribution is -2.47. The van der Waals surface area contributed by atoms with Gasteiger partial charge in [0.25, 0.3) is 0 Å². The van der Waals surface area contributed by atoms with Crippen molar-refractivity contribution in [2.24, 2.45) is 5.41 Å². The lowest BCUT2D eigenvalue weighted by Gasteiger charge is -2.34. The topological polar surface area (TPSA) is 32.3 Å². The second-order valence-corrected chi connectivity index (χ2v) is 5.68. The quantitative estimate of drug-likeness (QED) is 0.736. The van der Waals surface area contributed by atoms with Crippen LogP contribution in [0.5, 0.6) is 0 Å². The van der Waals surface area contributed by atoms with Crippen molar-refractivity contribution in [2.45, 2.75) is 52.0 Å². The predicted molar refractivity (Wildman–Crippen MR) is 65.2 cm³/mol. The molecule has 2 fully saturated rings. The molecule has 0 aliphatic carbocycles. The van der Waals surface area contributed by atoms with Crippen molar-refractivity contribution in [1.29, 1.82) is 0 Å². The number of amides is 1. The molecule has 2 heterocycles. The van der Waals surface area contributed by atoms with E-state index in [0.717, 1.165) is 26.1 Å². The van der Waals surface area contributed by atoms with E-state index in [-0.39, 0.29) is 5.41 Å².